The third-order valence-corrected chi connectivity index (χ3v) is 4.52. The van der Waals surface area contributed by atoms with E-state index in [0.717, 1.165) is 0 Å². The topological polar surface area (TPSA) is 88.2 Å². The Kier molecular flexibility index (Phi) is 2.89. The molecule has 2 aliphatic carbocycles. The van der Waals surface area contributed by atoms with Crippen LogP contribution < -0.4 is 5.73 Å². The predicted molar refractivity (Wildman–Crippen MR) is 64.0 cm³/mol. The number of ether oxygens (including phenoxy) is 1. The highest BCUT2D eigenvalue weighted by Crippen LogP contribution is 2.58. The van der Waals surface area contributed by atoms with Crippen LogP contribution in [-0.4, -0.2) is 47.7 Å². The average molecular weight is 253 g/mol. The third-order valence-electron chi connectivity index (χ3n) is 4.52. The van der Waals surface area contributed by atoms with E-state index in [1.807, 2.05) is 4.90 Å². The van der Waals surface area contributed by atoms with Crippen molar-refractivity contribution >= 4 is 11.7 Å². The normalized spacial score (nSPS) is 39.6. The van der Waals surface area contributed by atoms with Crippen molar-refractivity contribution in [1.82, 2.24) is 4.90 Å². The van der Waals surface area contributed by atoms with Crippen molar-refractivity contribution in [2.45, 2.75) is 25.4 Å². The standard InChI is InChI=1S/C12H19N3O3/c13-11(14-17)9-6-15(4-5-18-9)12(16)10-7-2-1-3-8(7)10/h7-10,17H,1-6H2,(H2,13,14). The van der Waals surface area contributed by atoms with Crippen molar-refractivity contribution < 1.29 is 14.7 Å². The molecule has 0 radical (unpaired) electrons. The summed E-state index contributed by atoms with van der Waals surface area (Å²) in [6.07, 6.45) is 3.21. The molecule has 100 valence electrons. The van der Waals surface area contributed by atoms with Gasteiger partial charge in [0, 0.05) is 12.5 Å². The maximum absolute atomic E-state index is 12.4. The van der Waals surface area contributed by atoms with Gasteiger partial charge >= 0.3 is 0 Å². The fourth-order valence-corrected chi connectivity index (χ4v) is 3.49. The number of amides is 1. The Labute approximate surface area is 106 Å². The summed E-state index contributed by atoms with van der Waals surface area (Å²) < 4.78 is 5.40. The number of nitrogens with zero attached hydrogens (tertiary/aromatic N) is 2. The first-order valence-electron chi connectivity index (χ1n) is 6.60. The molecule has 0 aromatic heterocycles. The number of carbonyl (C=O) groups is 1. The van der Waals surface area contributed by atoms with E-state index in [1.54, 1.807) is 0 Å². The van der Waals surface area contributed by atoms with Gasteiger partial charge in [-0.1, -0.05) is 11.6 Å². The van der Waals surface area contributed by atoms with Gasteiger partial charge in [-0.25, -0.2) is 0 Å². The van der Waals surface area contributed by atoms with Gasteiger partial charge in [-0.15, -0.1) is 0 Å². The molecule has 1 heterocycles. The molecule has 0 aromatic rings. The van der Waals surface area contributed by atoms with Crippen LogP contribution in [0.25, 0.3) is 0 Å². The van der Waals surface area contributed by atoms with E-state index < -0.39 is 6.10 Å². The van der Waals surface area contributed by atoms with Crippen LogP contribution in [0.3, 0.4) is 0 Å². The van der Waals surface area contributed by atoms with Gasteiger partial charge in [0.15, 0.2) is 5.84 Å². The SMILES string of the molecule is NC(=NO)C1CN(C(=O)C2C3CCCC32)CCO1. The number of carbonyl (C=O) groups excluding carboxylic acids is 1. The minimum atomic E-state index is -0.466. The maximum Gasteiger partial charge on any atom is 0.226 e. The number of oxime groups is 1. The molecule has 0 spiro atoms. The molecule has 18 heavy (non-hydrogen) atoms. The van der Waals surface area contributed by atoms with Gasteiger partial charge in [0.25, 0.3) is 0 Å². The Bertz CT molecular complexity index is 375. The molecular formula is C12H19N3O3. The largest absolute Gasteiger partial charge is 0.409 e. The lowest BCUT2D eigenvalue weighted by Crippen LogP contribution is -2.51. The fraction of sp³-hybridized carbons (Fsp3) is 0.833. The smallest absolute Gasteiger partial charge is 0.226 e. The predicted octanol–water partition coefficient (Wildman–Crippen LogP) is 0.00630. The lowest BCUT2D eigenvalue weighted by molar-refractivity contribution is -0.139. The van der Waals surface area contributed by atoms with Crippen molar-refractivity contribution in [3.63, 3.8) is 0 Å². The second-order valence-electron chi connectivity index (χ2n) is 5.45. The fourth-order valence-electron chi connectivity index (χ4n) is 3.49. The highest BCUT2D eigenvalue weighted by Gasteiger charge is 2.57. The van der Waals surface area contributed by atoms with Crippen molar-refractivity contribution in [2.75, 3.05) is 19.7 Å². The Morgan fingerprint density at radius 1 is 1.39 bits per heavy atom. The molecule has 0 aromatic carbocycles. The minimum absolute atomic E-state index is 0.0449. The number of fused-ring (bicyclic) bond motifs is 1. The highest BCUT2D eigenvalue weighted by molar-refractivity contribution is 5.87. The van der Waals surface area contributed by atoms with E-state index in [-0.39, 0.29) is 17.7 Å². The molecule has 1 aliphatic heterocycles. The lowest BCUT2D eigenvalue weighted by atomic mass is 10.1. The molecule has 0 bridgehead atoms. The van der Waals surface area contributed by atoms with Gasteiger partial charge < -0.3 is 20.6 Å². The second kappa shape index (κ2) is 4.42. The first-order valence-corrected chi connectivity index (χ1v) is 6.60. The summed E-state index contributed by atoms with van der Waals surface area (Å²) in [4.78, 5) is 14.2. The monoisotopic (exact) mass is 253 g/mol. The van der Waals surface area contributed by atoms with Gasteiger partial charge in [-0.3, -0.25) is 4.79 Å². The van der Waals surface area contributed by atoms with Crippen LogP contribution in [0.1, 0.15) is 19.3 Å². The third kappa shape index (κ3) is 1.84. The number of hydrogen-bond donors (Lipinski definition) is 2. The zero-order valence-corrected chi connectivity index (χ0v) is 10.3. The quantitative estimate of drug-likeness (QED) is 0.314. The Morgan fingerprint density at radius 3 is 2.78 bits per heavy atom. The summed E-state index contributed by atoms with van der Waals surface area (Å²) in [6, 6.07) is 0. The van der Waals surface area contributed by atoms with Crippen LogP contribution in [0.2, 0.25) is 0 Å². The first-order chi connectivity index (χ1) is 8.72. The van der Waals surface area contributed by atoms with Gasteiger partial charge in [0.05, 0.1) is 13.2 Å². The minimum Gasteiger partial charge on any atom is -0.409 e. The van der Waals surface area contributed by atoms with Gasteiger partial charge in [0.1, 0.15) is 6.10 Å². The summed E-state index contributed by atoms with van der Waals surface area (Å²) in [5, 5.41) is 11.6. The summed E-state index contributed by atoms with van der Waals surface area (Å²) in [6.45, 7) is 1.48. The van der Waals surface area contributed by atoms with Gasteiger partial charge in [-0.05, 0) is 24.7 Å². The molecule has 3 N–H and O–H groups in total. The molecule has 3 unspecified atom stereocenters. The second-order valence-corrected chi connectivity index (χ2v) is 5.45. The molecule has 1 saturated heterocycles. The van der Waals surface area contributed by atoms with Crippen molar-refractivity contribution in [2.24, 2.45) is 28.6 Å². The zero-order chi connectivity index (χ0) is 12.7. The summed E-state index contributed by atoms with van der Waals surface area (Å²) in [5.41, 5.74) is 5.53. The molecule has 3 atom stereocenters. The van der Waals surface area contributed by atoms with E-state index in [2.05, 4.69) is 5.16 Å². The number of amidine groups is 1. The summed E-state index contributed by atoms with van der Waals surface area (Å²) in [5.74, 6) is 1.78. The van der Waals surface area contributed by atoms with Crippen molar-refractivity contribution in [1.29, 1.82) is 0 Å². The van der Waals surface area contributed by atoms with E-state index in [1.165, 1.54) is 19.3 Å². The number of hydrogen-bond acceptors (Lipinski definition) is 4. The Hall–Kier alpha value is -1.30. The van der Waals surface area contributed by atoms with Gasteiger partial charge in [0.2, 0.25) is 5.91 Å². The number of morpholine rings is 1. The molecule has 6 nitrogen and oxygen atoms in total. The first kappa shape index (κ1) is 11.8. The average Bonchev–Trinajstić information content (AvgIpc) is 2.89. The van der Waals surface area contributed by atoms with Crippen molar-refractivity contribution in [3.8, 4) is 0 Å². The van der Waals surface area contributed by atoms with E-state index in [0.29, 0.717) is 31.5 Å². The molecule has 2 saturated carbocycles. The van der Waals surface area contributed by atoms with Crippen LogP contribution in [0, 0.1) is 17.8 Å². The lowest BCUT2D eigenvalue weighted by Gasteiger charge is -2.32. The summed E-state index contributed by atoms with van der Waals surface area (Å²) in [7, 11) is 0. The van der Waals surface area contributed by atoms with Crippen LogP contribution in [0.4, 0.5) is 0 Å². The van der Waals surface area contributed by atoms with Crippen molar-refractivity contribution in [3.05, 3.63) is 0 Å². The van der Waals surface area contributed by atoms with Crippen LogP contribution in [0.5, 0.6) is 0 Å². The molecule has 3 fully saturated rings. The number of nitrogens with two attached hydrogens (primary N) is 1. The summed E-state index contributed by atoms with van der Waals surface area (Å²) >= 11 is 0. The molecule has 1 amide bonds. The molecular weight excluding hydrogens is 234 g/mol. The maximum atomic E-state index is 12.4. The van der Waals surface area contributed by atoms with E-state index in [4.69, 9.17) is 15.7 Å². The van der Waals surface area contributed by atoms with Gasteiger partial charge in [-0.2, -0.15) is 0 Å². The van der Waals surface area contributed by atoms with Crippen LogP contribution in [-0.2, 0) is 9.53 Å². The van der Waals surface area contributed by atoms with Crippen LogP contribution >= 0.6 is 0 Å². The Balaban J connectivity index is 1.61. The zero-order valence-electron chi connectivity index (χ0n) is 10.3. The molecule has 3 aliphatic rings. The van der Waals surface area contributed by atoms with Crippen LogP contribution in [0.15, 0.2) is 5.16 Å². The Morgan fingerprint density at radius 2 is 2.11 bits per heavy atom. The van der Waals surface area contributed by atoms with E-state index >= 15 is 0 Å². The number of rotatable bonds is 2. The molecule has 6 heteroatoms. The highest BCUT2D eigenvalue weighted by atomic mass is 16.5. The molecule has 3 rings (SSSR count). The van der Waals surface area contributed by atoms with E-state index in [9.17, 15) is 4.79 Å².